The predicted molar refractivity (Wildman–Crippen MR) is 187 cm³/mol. The number of rotatable bonds is 14. The first kappa shape index (κ1) is 36.4. The van der Waals surface area contributed by atoms with E-state index in [0.717, 1.165) is 28.6 Å². The van der Waals surface area contributed by atoms with Crippen LogP contribution in [0.2, 0.25) is 5.04 Å². The Morgan fingerprint density at radius 2 is 1.52 bits per heavy atom. The van der Waals surface area contributed by atoms with Crippen molar-refractivity contribution in [3.8, 4) is 0 Å². The van der Waals surface area contributed by atoms with Crippen molar-refractivity contribution in [2.75, 3.05) is 20.3 Å². The number of nitrogens with zero attached hydrogens (tertiary/aromatic N) is 2. The molecule has 1 aliphatic rings. The molecule has 48 heavy (non-hydrogen) atoms. The molecule has 254 valence electrons. The minimum absolute atomic E-state index is 0.159. The molecule has 1 atom stereocenters. The Bertz CT molecular complexity index is 1720. The van der Waals surface area contributed by atoms with Gasteiger partial charge < -0.3 is 9.16 Å². The van der Waals surface area contributed by atoms with Crippen LogP contribution >= 0.6 is 0 Å². The van der Waals surface area contributed by atoms with E-state index in [9.17, 15) is 28.1 Å². The number of carbonyl (C=O) groups is 2. The zero-order valence-electron chi connectivity index (χ0n) is 27.7. The van der Waals surface area contributed by atoms with Gasteiger partial charge in [0.1, 0.15) is 0 Å². The van der Waals surface area contributed by atoms with Crippen molar-refractivity contribution < 1.29 is 32.1 Å². The number of non-ortho nitro benzene ring substituents is 1. The van der Waals surface area contributed by atoms with Gasteiger partial charge in [-0.1, -0.05) is 106 Å². The van der Waals surface area contributed by atoms with Crippen LogP contribution < -0.4 is 10.4 Å². The van der Waals surface area contributed by atoms with E-state index in [1.165, 1.54) is 17.5 Å². The molecule has 3 aromatic rings. The number of ether oxygens (including phenoxy) is 1. The number of methoxy groups -OCH3 is 1. The zero-order valence-corrected chi connectivity index (χ0v) is 29.5. The number of allylic oxidation sites excluding steroid dienone is 1. The lowest BCUT2D eigenvalue weighted by Gasteiger charge is -2.43. The predicted octanol–water partition coefficient (Wildman–Crippen LogP) is 5.53. The third-order valence-electron chi connectivity index (χ3n) is 8.63. The SMILES string of the molecule is COC(=O)C[C@]1(CC/C=C/CCO[Si](c2ccccc2)(c2ccccc2)C(C)(C)C)C=CCN(S(=O)(=O)c2ccc([N+](=O)[O-])cc2)C1=O. The molecule has 0 fully saturated rings. The number of nitro groups is 1. The Labute approximate surface area is 283 Å². The molecule has 3 aromatic carbocycles. The van der Waals surface area contributed by atoms with Gasteiger partial charge in [-0.3, -0.25) is 19.7 Å². The molecule has 1 aliphatic heterocycles. The fourth-order valence-electron chi connectivity index (χ4n) is 6.21. The summed E-state index contributed by atoms with van der Waals surface area (Å²) in [6.07, 6.45) is 7.86. The molecule has 1 amide bonds. The summed E-state index contributed by atoms with van der Waals surface area (Å²) in [7, 11) is -5.83. The van der Waals surface area contributed by atoms with E-state index in [1.807, 2.05) is 48.6 Å². The van der Waals surface area contributed by atoms with Crippen molar-refractivity contribution in [3.05, 3.63) is 119 Å². The number of sulfonamides is 1. The number of amides is 1. The maximum absolute atomic E-state index is 13.9. The Hall–Kier alpha value is -4.39. The molecule has 4 rings (SSSR count). The summed E-state index contributed by atoms with van der Waals surface area (Å²) in [4.78, 5) is 36.5. The average Bonchev–Trinajstić information content (AvgIpc) is 3.07. The second-order valence-electron chi connectivity index (χ2n) is 12.7. The molecule has 0 saturated heterocycles. The van der Waals surface area contributed by atoms with Gasteiger partial charge in [0.25, 0.3) is 24.0 Å². The maximum Gasteiger partial charge on any atom is 0.306 e. The highest BCUT2D eigenvalue weighted by molar-refractivity contribution is 7.89. The van der Waals surface area contributed by atoms with Crippen LogP contribution in [0.5, 0.6) is 0 Å². The quantitative estimate of drug-likeness (QED) is 0.0539. The molecule has 0 spiro atoms. The standard InChI is InChI=1S/C36H42N2O8SSi/c1-35(2,3)48(31-16-9-7-10-17-31,32-18-11-8-12-19-32)46-27-14-6-5-13-24-36(28-33(39)45-4)25-15-26-37(34(36)40)47(43,44)30-22-20-29(21-23-30)38(41)42/h5-12,15-23,25H,13-14,24,26-28H2,1-4H3/b6-5+/t36-/m0/s1. The third kappa shape index (κ3) is 7.67. The number of benzene rings is 3. The molecule has 1 heterocycles. The van der Waals surface area contributed by atoms with Crippen molar-refractivity contribution in [1.29, 1.82) is 0 Å². The Morgan fingerprint density at radius 1 is 0.958 bits per heavy atom. The molecule has 0 aromatic heterocycles. The van der Waals surface area contributed by atoms with Gasteiger partial charge in [0.15, 0.2) is 0 Å². The Balaban J connectivity index is 1.49. The molecule has 0 aliphatic carbocycles. The molecule has 0 bridgehead atoms. The van der Waals surface area contributed by atoms with Crippen LogP contribution in [0, 0.1) is 15.5 Å². The van der Waals surface area contributed by atoms with Gasteiger partial charge in [-0.15, -0.1) is 0 Å². The lowest BCUT2D eigenvalue weighted by Crippen LogP contribution is -2.66. The summed E-state index contributed by atoms with van der Waals surface area (Å²) in [5, 5.41) is 13.3. The van der Waals surface area contributed by atoms with Gasteiger partial charge in [0.05, 0.1) is 35.3 Å². The number of carbonyl (C=O) groups excluding carboxylic acids is 2. The van der Waals surface area contributed by atoms with Crippen LogP contribution in [0.1, 0.15) is 46.5 Å². The van der Waals surface area contributed by atoms with Crippen molar-refractivity contribution in [3.63, 3.8) is 0 Å². The normalized spacial score (nSPS) is 17.1. The highest BCUT2D eigenvalue weighted by Gasteiger charge is 2.50. The average molecular weight is 691 g/mol. The highest BCUT2D eigenvalue weighted by Crippen LogP contribution is 2.39. The summed E-state index contributed by atoms with van der Waals surface area (Å²) >= 11 is 0. The number of nitro benzene ring substituents is 1. The second-order valence-corrected chi connectivity index (χ2v) is 18.9. The lowest BCUT2D eigenvalue weighted by molar-refractivity contribution is -0.384. The topological polar surface area (TPSA) is 133 Å². The number of esters is 1. The van der Waals surface area contributed by atoms with Crippen LogP contribution in [0.15, 0.2) is 114 Å². The van der Waals surface area contributed by atoms with E-state index in [-0.39, 0.29) is 35.0 Å². The van der Waals surface area contributed by atoms with Gasteiger partial charge >= 0.3 is 5.97 Å². The first-order valence-electron chi connectivity index (χ1n) is 15.7. The smallest absolute Gasteiger partial charge is 0.306 e. The van der Waals surface area contributed by atoms with Crippen molar-refractivity contribution in [2.24, 2.45) is 5.41 Å². The van der Waals surface area contributed by atoms with E-state index < -0.39 is 40.6 Å². The first-order valence-corrected chi connectivity index (χ1v) is 19.1. The van der Waals surface area contributed by atoms with Gasteiger partial charge in [-0.2, -0.15) is 0 Å². The van der Waals surface area contributed by atoms with Crippen molar-refractivity contribution in [1.82, 2.24) is 4.31 Å². The molecule has 10 nitrogen and oxygen atoms in total. The maximum atomic E-state index is 13.9. The summed E-state index contributed by atoms with van der Waals surface area (Å²) in [6.45, 7) is 6.90. The minimum Gasteiger partial charge on any atom is -0.469 e. The summed E-state index contributed by atoms with van der Waals surface area (Å²) in [5.41, 5.74) is -1.72. The fourth-order valence-corrected chi connectivity index (χ4v) is 12.2. The molecule has 12 heteroatoms. The minimum atomic E-state index is -4.35. The fraction of sp³-hybridized carbons (Fsp3) is 0.333. The lowest BCUT2D eigenvalue weighted by atomic mass is 9.77. The number of hydrogen-bond acceptors (Lipinski definition) is 8. The molecule has 0 saturated carbocycles. The van der Waals surface area contributed by atoms with E-state index in [0.29, 0.717) is 19.4 Å². The first-order chi connectivity index (χ1) is 22.8. The zero-order chi connectivity index (χ0) is 35.0. The van der Waals surface area contributed by atoms with Gasteiger partial charge in [-0.25, -0.2) is 12.7 Å². The largest absolute Gasteiger partial charge is 0.469 e. The van der Waals surface area contributed by atoms with Crippen LogP contribution in [-0.4, -0.2) is 58.1 Å². The number of hydrogen-bond donors (Lipinski definition) is 0. The Morgan fingerprint density at radius 3 is 2.04 bits per heavy atom. The van der Waals surface area contributed by atoms with E-state index in [2.05, 4.69) is 45.0 Å². The summed E-state index contributed by atoms with van der Waals surface area (Å²) in [5.74, 6) is -1.40. The molecule has 0 radical (unpaired) electrons. The van der Waals surface area contributed by atoms with Crippen LogP contribution in [-0.2, 0) is 28.8 Å². The van der Waals surface area contributed by atoms with Gasteiger partial charge in [-0.05, 0) is 46.8 Å². The molecular formula is C36H42N2O8SSi. The van der Waals surface area contributed by atoms with E-state index in [4.69, 9.17) is 9.16 Å². The van der Waals surface area contributed by atoms with E-state index in [1.54, 1.807) is 12.2 Å². The summed E-state index contributed by atoms with van der Waals surface area (Å²) in [6, 6.07) is 25.1. The van der Waals surface area contributed by atoms with Crippen LogP contribution in [0.25, 0.3) is 0 Å². The van der Waals surface area contributed by atoms with Gasteiger partial charge in [0, 0.05) is 18.7 Å². The highest BCUT2D eigenvalue weighted by atomic mass is 32.2. The molecular weight excluding hydrogens is 649 g/mol. The third-order valence-corrected chi connectivity index (χ3v) is 15.4. The molecule has 0 unspecified atom stereocenters. The summed E-state index contributed by atoms with van der Waals surface area (Å²) < 4.78 is 39.5. The van der Waals surface area contributed by atoms with Crippen LogP contribution in [0.3, 0.4) is 0 Å². The second kappa shape index (κ2) is 15.2. The van der Waals surface area contributed by atoms with Crippen LogP contribution in [0.4, 0.5) is 5.69 Å². The molecule has 0 N–H and O–H groups in total. The van der Waals surface area contributed by atoms with Crippen molar-refractivity contribution >= 4 is 46.3 Å². The Kier molecular flexibility index (Phi) is 11.6. The monoisotopic (exact) mass is 690 g/mol. The van der Waals surface area contributed by atoms with Crippen molar-refractivity contribution in [2.45, 2.75) is 56.4 Å². The van der Waals surface area contributed by atoms with Gasteiger partial charge in [0.2, 0.25) is 5.91 Å². The van der Waals surface area contributed by atoms with E-state index >= 15 is 0 Å².